The van der Waals surface area contributed by atoms with Gasteiger partial charge in [0.15, 0.2) is 5.16 Å². The summed E-state index contributed by atoms with van der Waals surface area (Å²) < 4.78 is 14.2. The van der Waals surface area contributed by atoms with Gasteiger partial charge < -0.3 is 10.3 Å². The first kappa shape index (κ1) is 18.9. The minimum absolute atomic E-state index is 0.184. The molecule has 1 aliphatic rings. The Bertz CT molecular complexity index is 1120. The van der Waals surface area contributed by atoms with Crippen molar-refractivity contribution in [2.24, 2.45) is 0 Å². The molecule has 0 bridgehead atoms. The molecule has 1 atom stereocenters. The number of carbonyl (C=O) groups is 1. The van der Waals surface area contributed by atoms with Crippen molar-refractivity contribution >= 4 is 39.4 Å². The Hall–Kier alpha value is -2.45. The zero-order valence-corrected chi connectivity index (χ0v) is 16.9. The van der Waals surface area contributed by atoms with Gasteiger partial charge in [0.25, 0.3) is 5.56 Å². The van der Waals surface area contributed by atoms with E-state index < -0.39 is 0 Å². The predicted molar refractivity (Wildman–Crippen MR) is 110 cm³/mol. The minimum Gasteiger partial charge on any atom is -0.310 e. The zero-order valence-electron chi connectivity index (χ0n) is 14.5. The van der Waals surface area contributed by atoms with Crippen LogP contribution in [0.15, 0.2) is 63.0 Å². The predicted octanol–water partition coefficient (Wildman–Crippen LogP) is 4.44. The molecule has 8 heteroatoms. The second-order valence-electron chi connectivity index (χ2n) is 6.41. The van der Waals surface area contributed by atoms with E-state index in [0.29, 0.717) is 16.5 Å². The summed E-state index contributed by atoms with van der Waals surface area (Å²) in [5.74, 6) is -0.125. The maximum Gasteiger partial charge on any atom is 0.257 e. The van der Waals surface area contributed by atoms with Gasteiger partial charge in [-0.3, -0.25) is 9.59 Å². The van der Waals surface area contributed by atoms with Crippen molar-refractivity contribution in [2.45, 2.75) is 23.2 Å². The number of thioether (sulfide) groups is 1. The van der Waals surface area contributed by atoms with E-state index in [1.807, 2.05) is 24.3 Å². The standard InChI is InChI=1S/C20H15BrFN3O2S/c21-13-5-2-4-12(8-13)15-9-16(26)23-18-17(15)19(27)25-20(24-18)28-10-11-3-1-6-14(22)7-11/h1-8,15H,9-10H2,(H2,23,24,25,26,27). The van der Waals surface area contributed by atoms with Crippen LogP contribution in [0.2, 0.25) is 0 Å². The molecule has 1 unspecified atom stereocenters. The molecule has 1 amide bonds. The molecule has 3 aromatic rings. The van der Waals surface area contributed by atoms with Crippen LogP contribution < -0.4 is 10.9 Å². The molecule has 2 heterocycles. The van der Waals surface area contributed by atoms with Crippen LogP contribution in [0, 0.1) is 5.82 Å². The number of hydrogen-bond acceptors (Lipinski definition) is 4. The van der Waals surface area contributed by atoms with E-state index in [1.165, 1.54) is 23.9 Å². The van der Waals surface area contributed by atoms with Gasteiger partial charge in [0.05, 0.1) is 5.56 Å². The monoisotopic (exact) mass is 459 g/mol. The largest absolute Gasteiger partial charge is 0.310 e. The molecular formula is C20H15BrFN3O2S. The topological polar surface area (TPSA) is 74.8 Å². The Morgan fingerprint density at radius 3 is 2.79 bits per heavy atom. The molecule has 0 saturated heterocycles. The minimum atomic E-state index is -0.361. The number of benzene rings is 2. The molecule has 1 aliphatic heterocycles. The lowest BCUT2D eigenvalue weighted by Gasteiger charge is -2.24. The van der Waals surface area contributed by atoms with Crippen LogP contribution in [0.4, 0.5) is 10.2 Å². The van der Waals surface area contributed by atoms with Crippen molar-refractivity contribution in [1.82, 2.24) is 9.97 Å². The van der Waals surface area contributed by atoms with Crippen LogP contribution in [0.3, 0.4) is 0 Å². The zero-order chi connectivity index (χ0) is 19.7. The van der Waals surface area contributed by atoms with Gasteiger partial charge in [-0.2, -0.15) is 0 Å². The number of amides is 1. The van der Waals surface area contributed by atoms with Gasteiger partial charge in [0.1, 0.15) is 11.6 Å². The fraction of sp³-hybridized carbons (Fsp3) is 0.150. The van der Waals surface area contributed by atoms with Crippen LogP contribution in [0.1, 0.15) is 29.0 Å². The summed E-state index contributed by atoms with van der Waals surface area (Å²) in [6, 6.07) is 13.8. The van der Waals surface area contributed by atoms with Gasteiger partial charge in [-0.15, -0.1) is 0 Å². The number of anilines is 1. The Morgan fingerprint density at radius 1 is 1.18 bits per heavy atom. The van der Waals surface area contributed by atoms with Gasteiger partial charge in [0, 0.05) is 22.6 Å². The number of rotatable bonds is 4. The van der Waals surface area contributed by atoms with Crippen LogP contribution >= 0.6 is 27.7 Å². The highest BCUT2D eigenvalue weighted by Gasteiger charge is 2.31. The number of aromatic nitrogens is 2. The fourth-order valence-electron chi connectivity index (χ4n) is 3.21. The molecule has 0 aliphatic carbocycles. The number of hydrogen-bond donors (Lipinski definition) is 2. The van der Waals surface area contributed by atoms with E-state index in [0.717, 1.165) is 15.6 Å². The normalized spacial score (nSPS) is 15.8. The summed E-state index contributed by atoms with van der Waals surface area (Å²) in [4.78, 5) is 32.2. The van der Waals surface area contributed by atoms with Gasteiger partial charge in [0.2, 0.25) is 5.91 Å². The van der Waals surface area contributed by atoms with E-state index in [-0.39, 0.29) is 35.4 Å². The number of H-pyrrole nitrogens is 1. The summed E-state index contributed by atoms with van der Waals surface area (Å²) >= 11 is 4.71. The van der Waals surface area contributed by atoms with Crippen LogP contribution in [-0.2, 0) is 10.5 Å². The number of halogens is 2. The van der Waals surface area contributed by atoms with Crippen molar-refractivity contribution in [3.63, 3.8) is 0 Å². The average molecular weight is 460 g/mol. The van der Waals surface area contributed by atoms with Crippen LogP contribution in [-0.4, -0.2) is 15.9 Å². The highest BCUT2D eigenvalue weighted by Crippen LogP contribution is 2.35. The van der Waals surface area contributed by atoms with Gasteiger partial charge in [-0.25, -0.2) is 9.37 Å². The average Bonchev–Trinajstić information content (AvgIpc) is 2.65. The molecule has 0 saturated carbocycles. The Balaban J connectivity index is 1.66. The van der Waals surface area contributed by atoms with Crippen molar-refractivity contribution in [1.29, 1.82) is 0 Å². The molecule has 0 spiro atoms. The Morgan fingerprint density at radius 2 is 2.00 bits per heavy atom. The second-order valence-corrected chi connectivity index (χ2v) is 8.29. The second kappa shape index (κ2) is 7.89. The summed E-state index contributed by atoms with van der Waals surface area (Å²) in [6.07, 6.45) is 0.185. The smallest absolute Gasteiger partial charge is 0.257 e. The summed E-state index contributed by atoms with van der Waals surface area (Å²) in [5.41, 5.74) is 1.82. The highest BCUT2D eigenvalue weighted by atomic mass is 79.9. The van der Waals surface area contributed by atoms with Gasteiger partial charge in [-0.1, -0.05) is 52.0 Å². The van der Waals surface area contributed by atoms with Crippen LogP contribution in [0.5, 0.6) is 0 Å². The van der Waals surface area contributed by atoms with Crippen molar-refractivity contribution < 1.29 is 9.18 Å². The van der Waals surface area contributed by atoms with E-state index in [1.54, 1.807) is 12.1 Å². The van der Waals surface area contributed by atoms with Gasteiger partial charge >= 0.3 is 0 Å². The molecule has 0 radical (unpaired) electrons. The molecule has 1 aromatic heterocycles. The molecule has 5 nitrogen and oxygen atoms in total. The number of nitrogens with one attached hydrogen (secondary N) is 2. The number of carbonyl (C=O) groups excluding carboxylic acids is 1. The molecule has 2 aromatic carbocycles. The van der Waals surface area contributed by atoms with E-state index in [9.17, 15) is 14.0 Å². The SMILES string of the molecule is O=C1CC(c2cccc(Br)c2)c2c(nc(SCc3cccc(F)c3)[nH]c2=O)N1. The maximum absolute atomic E-state index is 13.3. The first-order valence-corrected chi connectivity index (χ1v) is 10.3. The van der Waals surface area contributed by atoms with E-state index in [4.69, 9.17) is 0 Å². The third-order valence-electron chi connectivity index (χ3n) is 4.44. The number of fused-ring (bicyclic) bond motifs is 1. The highest BCUT2D eigenvalue weighted by molar-refractivity contribution is 9.10. The quantitative estimate of drug-likeness (QED) is 0.446. The molecule has 4 rings (SSSR count). The first-order valence-electron chi connectivity index (χ1n) is 8.56. The third kappa shape index (κ3) is 4.02. The maximum atomic E-state index is 13.3. The van der Waals surface area contributed by atoms with Crippen molar-refractivity contribution in [2.75, 3.05) is 5.32 Å². The molecular weight excluding hydrogens is 445 g/mol. The van der Waals surface area contributed by atoms with Crippen molar-refractivity contribution in [3.8, 4) is 0 Å². The lowest BCUT2D eigenvalue weighted by atomic mass is 9.87. The third-order valence-corrected chi connectivity index (χ3v) is 5.88. The number of nitrogens with zero attached hydrogens (tertiary/aromatic N) is 1. The molecule has 2 N–H and O–H groups in total. The Labute approximate surface area is 172 Å². The van der Waals surface area contributed by atoms with E-state index in [2.05, 4.69) is 31.2 Å². The molecule has 142 valence electrons. The fourth-order valence-corrected chi connectivity index (χ4v) is 4.43. The summed E-state index contributed by atoms with van der Waals surface area (Å²) in [7, 11) is 0. The van der Waals surface area contributed by atoms with E-state index >= 15 is 0 Å². The lowest BCUT2D eigenvalue weighted by Crippen LogP contribution is -2.31. The van der Waals surface area contributed by atoms with Crippen LogP contribution in [0.25, 0.3) is 0 Å². The molecule has 0 fully saturated rings. The summed E-state index contributed by atoms with van der Waals surface area (Å²) in [6.45, 7) is 0. The summed E-state index contributed by atoms with van der Waals surface area (Å²) in [5, 5.41) is 3.09. The lowest BCUT2D eigenvalue weighted by molar-refractivity contribution is -0.116. The number of aromatic amines is 1. The van der Waals surface area contributed by atoms with Crippen molar-refractivity contribution in [3.05, 3.63) is 85.9 Å². The first-order chi connectivity index (χ1) is 13.5. The van der Waals surface area contributed by atoms with Gasteiger partial charge in [-0.05, 0) is 35.4 Å². The Kier molecular flexibility index (Phi) is 5.32. The molecule has 28 heavy (non-hydrogen) atoms.